The van der Waals surface area contributed by atoms with Crippen molar-refractivity contribution in [2.45, 2.75) is 13.8 Å². The highest BCUT2D eigenvalue weighted by atomic mass is 31.2. The average molecular weight is 273 g/mol. The molecule has 0 unspecified atom stereocenters. The topological polar surface area (TPSA) is 98.1 Å². The third kappa shape index (κ3) is 4.49. The minimum Gasteiger partial charge on any atom is -0.480 e. The van der Waals surface area contributed by atoms with Gasteiger partial charge in [0.05, 0.1) is 0 Å². The number of aliphatic carboxylic acids is 1. The van der Waals surface area contributed by atoms with Crippen LogP contribution >= 0.6 is 7.60 Å². The van der Waals surface area contributed by atoms with Crippen molar-refractivity contribution >= 4 is 19.3 Å². The highest BCUT2D eigenvalue weighted by Gasteiger charge is 2.21. The largest absolute Gasteiger partial charge is 0.480 e. The van der Waals surface area contributed by atoms with Crippen molar-refractivity contribution in [1.82, 2.24) is 0 Å². The van der Waals surface area contributed by atoms with E-state index in [1.54, 1.807) is 18.2 Å². The van der Waals surface area contributed by atoms with E-state index in [1.165, 1.54) is 0 Å². The molecule has 0 aliphatic rings. The number of nitrogens with zero attached hydrogens (tertiary/aromatic N) is 1. The second kappa shape index (κ2) is 5.52. The normalized spacial score (nSPS) is 11.3. The summed E-state index contributed by atoms with van der Waals surface area (Å²) in [6.45, 7) is 3.31. The highest BCUT2D eigenvalue weighted by molar-refractivity contribution is 7.51. The van der Waals surface area contributed by atoms with E-state index in [-0.39, 0.29) is 0 Å². The number of benzene rings is 1. The van der Waals surface area contributed by atoms with Crippen LogP contribution in [0.3, 0.4) is 0 Å². The Morgan fingerprint density at radius 2 is 1.89 bits per heavy atom. The van der Waals surface area contributed by atoms with Crippen molar-refractivity contribution < 1.29 is 24.3 Å². The smallest absolute Gasteiger partial charge is 0.344 e. The summed E-state index contributed by atoms with van der Waals surface area (Å²) < 4.78 is 11.0. The number of carboxylic acids is 1. The summed E-state index contributed by atoms with van der Waals surface area (Å²) >= 11 is 0. The van der Waals surface area contributed by atoms with E-state index in [4.69, 9.17) is 14.9 Å². The molecule has 1 rings (SSSR count). The molecule has 100 valence electrons. The summed E-state index contributed by atoms with van der Waals surface area (Å²) in [4.78, 5) is 29.8. The Labute approximate surface area is 105 Å². The van der Waals surface area contributed by atoms with Crippen LogP contribution in [-0.2, 0) is 9.36 Å². The van der Waals surface area contributed by atoms with E-state index in [2.05, 4.69) is 0 Å². The van der Waals surface area contributed by atoms with Gasteiger partial charge in [-0.2, -0.15) is 0 Å². The number of carbonyl (C=O) groups is 1. The van der Waals surface area contributed by atoms with Gasteiger partial charge in [-0.25, -0.2) is 0 Å². The first kappa shape index (κ1) is 14.7. The lowest BCUT2D eigenvalue weighted by Crippen LogP contribution is -2.30. The molecular weight excluding hydrogens is 257 g/mol. The number of anilines is 1. The number of hydrogen-bond acceptors (Lipinski definition) is 3. The van der Waals surface area contributed by atoms with Crippen LogP contribution in [-0.4, -0.2) is 33.7 Å². The highest BCUT2D eigenvalue weighted by Crippen LogP contribution is 2.37. The van der Waals surface area contributed by atoms with Crippen molar-refractivity contribution in [3.05, 3.63) is 29.3 Å². The Morgan fingerprint density at radius 1 is 1.28 bits per heavy atom. The van der Waals surface area contributed by atoms with Crippen LogP contribution in [0.25, 0.3) is 0 Å². The molecule has 0 radical (unpaired) electrons. The van der Waals surface area contributed by atoms with Gasteiger partial charge in [-0.05, 0) is 37.1 Å². The summed E-state index contributed by atoms with van der Waals surface area (Å²) in [7, 11) is -4.31. The third-order valence-corrected chi connectivity index (χ3v) is 3.25. The molecule has 0 heterocycles. The Hall–Kier alpha value is -1.36. The molecule has 0 saturated carbocycles. The van der Waals surface area contributed by atoms with Crippen molar-refractivity contribution in [1.29, 1.82) is 0 Å². The van der Waals surface area contributed by atoms with Gasteiger partial charge >= 0.3 is 13.6 Å². The Morgan fingerprint density at radius 3 is 2.33 bits per heavy atom. The van der Waals surface area contributed by atoms with Crippen LogP contribution in [0, 0.1) is 13.8 Å². The Balaban J connectivity index is 3.04. The molecule has 1 aromatic rings. The molecule has 3 N–H and O–H groups in total. The fraction of sp³-hybridized carbons (Fsp3) is 0.364. The van der Waals surface area contributed by atoms with Gasteiger partial charge in [0.25, 0.3) is 0 Å². The van der Waals surface area contributed by atoms with E-state index in [0.29, 0.717) is 5.69 Å². The van der Waals surface area contributed by atoms with E-state index >= 15 is 0 Å². The van der Waals surface area contributed by atoms with Crippen molar-refractivity contribution in [2.75, 3.05) is 17.7 Å². The van der Waals surface area contributed by atoms with E-state index in [0.717, 1.165) is 16.0 Å². The van der Waals surface area contributed by atoms with Crippen LogP contribution in [0.4, 0.5) is 5.69 Å². The number of carboxylic acid groups (broad SMARTS) is 1. The first-order valence-corrected chi connectivity index (χ1v) is 7.07. The first-order valence-electron chi connectivity index (χ1n) is 5.27. The zero-order valence-electron chi connectivity index (χ0n) is 10.2. The standard InChI is InChI=1S/C11H16NO5P/c1-8-3-4-10(5-9(8)2)12(6-11(13)14)7-18(15,16)17/h3-5H,6-7H2,1-2H3,(H,13,14)(H2,15,16,17). The molecule has 0 aliphatic heterocycles. The van der Waals surface area contributed by atoms with E-state index in [1.807, 2.05) is 13.8 Å². The number of hydrogen-bond donors (Lipinski definition) is 3. The molecule has 0 aromatic heterocycles. The zero-order valence-corrected chi connectivity index (χ0v) is 11.1. The van der Waals surface area contributed by atoms with Gasteiger partial charge in [0.1, 0.15) is 12.8 Å². The lowest BCUT2D eigenvalue weighted by molar-refractivity contribution is -0.135. The van der Waals surface area contributed by atoms with Crippen LogP contribution in [0.2, 0.25) is 0 Å². The maximum Gasteiger partial charge on any atom is 0.344 e. The Bertz CT molecular complexity index is 496. The molecule has 0 aliphatic carbocycles. The predicted octanol–water partition coefficient (Wildman–Crippen LogP) is 1.33. The number of aryl methyl sites for hydroxylation is 2. The van der Waals surface area contributed by atoms with Gasteiger partial charge < -0.3 is 19.8 Å². The molecule has 7 heteroatoms. The number of rotatable bonds is 5. The third-order valence-electron chi connectivity index (χ3n) is 2.54. The average Bonchev–Trinajstić information content (AvgIpc) is 2.18. The molecular formula is C11H16NO5P. The maximum absolute atomic E-state index is 11.0. The lowest BCUT2D eigenvalue weighted by Gasteiger charge is -2.23. The van der Waals surface area contributed by atoms with Crippen LogP contribution in [0.5, 0.6) is 0 Å². The lowest BCUT2D eigenvalue weighted by atomic mass is 10.1. The molecule has 0 spiro atoms. The molecule has 0 atom stereocenters. The molecule has 6 nitrogen and oxygen atoms in total. The van der Waals surface area contributed by atoms with Crippen LogP contribution in [0.15, 0.2) is 18.2 Å². The minimum absolute atomic E-state index is 0.451. The molecule has 18 heavy (non-hydrogen) atoms. The SMILES string of the molecule is Cc1ccc(N(CC(=O)O)CP(=O)(O)O)cc1C. The second-order valence-corrected chi connectivity index (χ2v) is 5.78. The van der Waals surface area contributed by atoms with Crippen molar-refractivity contribution in [3.63, 3.8) is 0 Å². The summed E-state index contributed by atoms with van der Waals surface area (Å²) in [5.74, 6) is -1.14. The quantitative estimate of drug-likeness (QED) is 0.700. The van der Waals surface area contributed by atoms with E-state index in [9.17, 15) is 9.36 Å². The fourth-order valence-corrected chi connectivity index (χ4v) is 2.24. The summed E-state index contributed by atoms with van der Waals surface area (Å²) in [6.07, 6.45) is -0.609. The van der Waals surface area contributed by atoms with Gasteiger partial charge in [0.2, 0.25) is 0 Å². The molecule has 0 saturated heterocycles. The molecule has 0 amide bonds. The van der Waals surface area contributed by atoms with Crippen molar-refractivity contribution in [3.8, 4) is 0 Å². The molecule has 0 fully saturated rings. The van der Waals surface area contributed by atoms with E-state index < -0.39 is 26.4 Å². The van der Waals surface area contributed by atoms with Gasteiger partial charge in [0.15, 0.2) is 0 Å². The summed E-state index contributed by atoms with van der Waals surface area (Å²) in [6, 6.07) is 5.16. The zero-order chi connectivity index (χ0) is 13.9. The van der Waals surface area contributed by atoms with Gasteiger partial charge in [-0.1, -0.05) is 6.07 Å². The summed E-state index contributed by atoms with van der Waals surface area (Å²) in [5, 5.41) is 8.77. The fourth-order valence-electron chi connectivity index (χ4n) is 1.53. The van der Waals surface area contributed by atoms with Crippen molar-refractivity contribution in [2.24, 2.45) is 0 Å². The first-order chi connectivity index (χ1) is 8.19. The predicted molar refractivity (Wildman–Crippen MR) is 67.8 cm³/mol. The monoisotopic (exact) mass is 273 g/mol. The molecule has 0 bridgehead atoms. The minimum atomic E-state index is -4.31. The van der Waals surface area contributed by atoms with Crippen LogP contribution < -0.4 is 4.90 Å². The van der Waals surface area contributed by atoms with Gasteiger partial charge in [0, 0.05) is 5.69 Å². The molecule has 1 aromatic carbocycles. The summed E-state index contributed by atoms with van der Waals surface area (Å²) in [5.41, 5.74) is 2.46. The second-order valence-electron chi connectivity index (χ2n) is 4.17. The van der Waals surface area contributed by atoms with Gasteiger partial charge in [-0.15, -0.1) is 0 Å². The van der Waals surface area contributed by atoms with Gasteiger partial charge in [-0.3, -0.25) is 9.36 Å². The Kier molecular flexibility index (Phi) is 4.51. The maximum atomic E-state index is 11.0. The van der Waals surface area contributed by atoms with Crippen LogP contribution in [0.1, 0.15) is 11.1 Å².